The topological polar surface area (TPSA) is 126 Å². The zero-order valence-corrected chi connectivity index (χ0v) is 20.3. The number of halogens is 1. The van der Waals surface area contributed by atoms with Gasteiger partial charge in [-0.2, -0.15) is 10.1 Å². The Bertz CT molecular complexity index is 1480. The maximum absolute atomic E-state index is 12.7. The molecule has 4 aromatic heterocycles. The van der Waals surface area contributed by atoms with E-state index in [1.54, 1.807) is 18.3 Å². The van der Waals surface area contributed by atoms with Gasteiger partial charge in [-0.25, -0.2) is 4.98 Å². The molecule has 0 amide bonds. The Hall–Kier alpha value is -3.83. The number of fused-ring (bicyclic) bond motifs is 3. The summed E-state index contributed by atoms with van der Waals surface area (Å²) in [6.45, 7) is 1.59. The molecule has 0 saturated carbocycles. The third kappa shape index (κ3) is 4.54. The molecule has 5 heterocycles. The molecule has 2 aliphatic rings. The van der Waals surface area contributed by atoms with Crippen molar-refractivity contribution in [3.05, 3.63) is 64.0 Å². The molecular weight excluding hydrogens is 486 g/mol. The first-order chi connectivity index (χ1) is 17.2. The quantitative estimate of drug-likeness (QED) is 0.425. The van der Waals surface area contributed by atoms with Gasteiger partial charge in [0.25, 0.3) is 11.4 Å². The average molecular weight is 510 g/mol. The Kier molecular flexibility index (Phi) is 6.66. The van der Waals surface area contributed by atoms with Gasteiger partial charge in [0.1, 0.15) is 18.7 Å². The van der Waals surface area contributed by atoms with E-state index >= 15 is 0 Å². The molecule has 4 aromatic rings. The molecule has 36 heavy (non-hydrogen) atoms. The van der Waals surface area contributed by atoms with Crippen LogP contribution in [0.3, 0.4) is 0 Å². The Morgan fingerprint density at radius 3 is 2.92 bits per heavy atom. The second-order valence-electron chi connectivity index (χ2n) is 8.45. The molecule has 1 unspecified atom stereocenters. The number of nitrogens with zero attached hydrogens (tertiary/aromatic N) is 6. The molecule has 0 aromatic carbocycles. The predicted octanol–water partition coefficient (Wildman–Crippen LogP) is 1.81. The van der Waals surface area contributed by atoms with Gasteiger partial charge in [0.05, 0.1) is 30.9 Å². The Morgan fingerprint density at radius 2 is 2.03 bits per heavy atom. The number of aryl methyl sites for hydroxylation is 1. The summed E-state index contributed by atoms with van der Waals surface area (Å²) in [4.78, 5) is 26.1. The lowest BCUT2D eigenvalue weighted by atomic mass is 9.91. The number of nitrogens with one attached hydrogen (secondary N) is 1. The van der Waals surface area contributed by atoms with Crippen LogP contribution < -0.4 is 25.1 Å². The van der Waals surface area contributed by atoms with E-state index in [2.05, 4.69) is 25.5 Å². The minimum absolute atomic E-state index is 0. The number of hydrogen-bond donors (Lipinski definition) is 1. The molecule has 0 saturated heterocycles. The van der Waals surface area contributed by atoms with Gasteiger partial charge in [0, 0.05) is 36.8 Å². The SMILES string of the molecule is COc1ccc2ncc(=O)n(-c3cnc4c(c3)CCC(NCc3cc5c(nn3)OCCO5)C4)c2n1.Cl. The van der Waals surface area contributed by atoms with Crippen molar-refractivity contribution in [3.63, 3.8) is 0 Å². The molecule has 1 aliphatic heterocycles. The van der Waals surface area contributed by atoms with Gasteiger partial charge < -0.3 is 19.5 Å². The molecule has 12 heteroatoms. The van der Waals surface area contributed by atoms with E-state index in [0.29, 0.717) is 54.1 Å². The highest BCUT2D eigenvalue weighted by Crippen LogP contribution is 2.27. The van der Waals surface area contributed by atoms with Gasteiger partial charge in [0.2, 0.25) is 5.88 Å². The average Bonchev–Trinajstić information content (AvgIpc) is 2.91. The summed E-state index contributed by atoms with van der Waals surface area (Å²) in [5.74, 6) is 1.50. The van der Waals surface area contributed by atoms with Crippen LogP contribution in [0.25, 0.3) is 16.9 Å². The zero-order valence-electron chi connectivity index (χ0n) is 19.5. The number of ether oxygens (including phenoxy) is 3. The minimum Gasteiger partial charge on any atom is -0.484 e. The van der Waals surface area contributed by atoms with Crippen LogP contribution in [0.5, 0.6) is 17.5 Å². The van der Waals surface area contributed by atoms with Crippen LogP contribution >= 0.6 is 12.4 Å². The fourth-order valence-corrected chi connectivity index (χ4v) is 4.46. The number of hydrogen-bond acceptors (Lipinski definition) is 10. The van der Waals surface area contributed by atoms with Crippen LogP contribution in [0.4, 0.5) is 0 Å². The molecule has 0 fully saturated rings. The summed E-state index contributed by atoms with van der Waals surface area (Å²) < 4.78 is 17.8. The summed E-state index contributed by atoms with van der Waals surface area (Å²) in [6.07, 6.45) is 5.58. The zero-order chi connectivity index (χ0) is 23.8. The lowest BCUT2D eigenvalue weighted by Crippen LogP contribution is -2.35. The summed E-state index contributed by atoms with van der Waals surface area (Å²) in [5, 5.41) is 11.9. The molecular formula is C24H24ClN7O4. The highest BCUT2D eigenvalue weighted by Gasteiger charge is 2.22. The summed E-state index contributed by atoms with van der Waals surface area (Å²) >= 11 is 0. The van der Waals surface area contributed by atoms with Crippen LogP contribution in [-0.2, 0) is 19.4 Å². The summed E-state index contributed by atoms with van der Waals surface area (Å²) in [6, 6.07) is 7.65. The molecule has 1 atom stereocenters. The maximum atomic E-state index is 12.7. The monoisotopic (exact) mass is 509 g/mol. The van der Waals surface area contributed by atoms with E-state index < -0.39 is 0 Å². The smallest absolute Gasteiger partial charge is 0.276 e. The van der Waals surface area contributed by atoms with Gasteiger partial charge >= 0.3 is 0 Å². The highest BCUT2D eigenvalue weighted by molar-refractivity contribution is 5.85. The van der Waals surface area contributed by atoms with Crippen LogP contribution in [0.15, 0.2) is 41.5 Å². The van der Waals surface area contributed by atoms with Crippen molar-refractivity contribution in [3.8, 4) is 23.2 Å². The number of methoxy groups -OCH3 is 1. The molecule has 1 N–H and O–H groups in total. The fourth-order valence-electron chi connectivity index (χ4n) is 4.46. The lowest BCUT2D eigenvalue weighted by Gasteiger charge is -2.25. The van der Waals surface area contributed by atoms with Crippen LogP contribution in [0.1, 0.15) is 23.4 Å². The highest BCUT2D eigenvalue weighted by atomic mass is 35.5. The molecule has 1 aliphatic carbocycles. The van der Waals surface area contributed by atoms with Crippen molar-refractivity contribution in [2.75, 3.05) is 20.3 Å². The van der Waals surface area contributed by atoms with Crippen LogP contribution in [-0.4, -0.2) is 56.1 Å². The van der Waals surface area contributed by atoms with Crippen molar-refractivity contribution in [2.45, 2.75) is 31.8 Å². The van der Waals surface area contributed by atoms with E-state index in [1.165, 1.54) is 17.9 Å². The predicted molar refractivity (Wildman–Crippen MR) is 132 cm³/mol. The van der Waals surface area contributed by atoms with Gasteiger partial charge in [-0.05, 0) is 30.5 Å². The summed E-state index contributed by atoms with van der Waals surface area (Å²) in [7, 11) is 1.54. The largest absolute Gasteiger partial charge is 0.484 e. The first-order valence-corrected chi connectivity index (χ1v) is 11.4. The third-order valence-electron chi connectivity index (χ3n) is 6.22. The first-order valence-electron chi connectivity index (χ1n) is 11.4. The van der Waals surface area contributed by atoms with E-state index in [-0.39, 0.29) is 24.0 Å². The van der Waals surface area contributed by atoms with E-state index in [9.17, 15) is 4.79 Å². The molecule has 186 valence electrons. The normalized spacial score (nSPS) is 16.2. The van der Waals surface area contributed by atoms with Gasteiger partial charge in [0.15, 0.2) is 11.4 Å². The third-order valence-corrected chi connectivity index (χ3v) is 6.22. The summed E-state index contributed by atoms with van der Waals surface area (Å²) in [5.41, 5.74) is 4.39. The van der Waals surface area contributed by atoms with Crippen LogP contribution in [0, 0.1) is 0 Å². The Labute approximate surface area is 212 Å². The minimum atomic E-state index is -0.268. The fraction of sp³-hybridized carbons (Fsp3) is 0.333. The Morgan fingerprint density at radius 1 is 1.14 bits per heavy atom. The van der Waals surface area contributed by atoms with E-state index in [1.807, 2.05) is 12.1 Å². The molecule has 6 rings (SSSR count). The Balaban J connectivity index is 0.00000267. The van der Waals surface area contributed by atoms with Gasteiger partial charge in [-0.15, -0.1) is 17.5 Å². The van der Waals surface area contributed by atoms with Gasteiger partial charge in [-0.3, -0.25) is 14.3 Å². The second-order valence-corrected chi connectivity index (χ2v) is 8.45. The lowest BCUT2D eigenvalue weighted by molar-refractivity contribution is 0.161. The first kappa shape index (κ1) is 23.9. The van der Waals surface area contributed by atoms with Crippen molar-refractivity contribution in [1.29, 1.82) is 0 Å². The molecule has 0 bridgehead atoms. The molecule has 11 nitrogen and oxygen atoms in total. The molecule has 0 radical (unpaired) electrons. The molecule has 0 spiro atoms. The van der Waals surface area contributed by atoms with E-state index in [4.69, 9.17) is 19.2 Å². The standard InChI is InChI=1S/C24H23N7O4.ClH/c1-33-21-5-4-18-23(28-21)31(22(32)13-27-18)17-8-14-2-3-15(9-19(14)26-12-17)25-11-16-10-20-24(30-29-16)35-7-6-34-20;/h4-5,8,10,12-13,15,25H,2-3,6-7,9,11H2,1H3;1H. The van der Waals surface area contributed by atoms with E-state index in [0.717, 1.165) is 36.2 Å². The maximum Gasteiger partial charge on any atom is 0.276 e. The number of rotatable bonds is 5. The van der Waals surface area contributed by atoms with Crippen LogP contribution in [0.2, 0.25) is 0 Å². The van der Waals surface area contributed by atoms with Gasteiger partial charge in [-0.1, -0.05) is 0 Å². The number of aromatic nitrogens is 6. The number of pyridine rings is 2. The van der Waals surface area contributed by atoms with Crippen molar-refractivity contribution in [2.24, 2.45) is 0 Å². The second kappa shape index (κ2) is 10.0. The van der Waals surface area contributed by atoms with Crippen molar-refractivity contribution < 1.29 is 14.2 Å². The van der Waals surface area contributed by atoms with Crippen molar-refractivity contribution >= 4 is 23.6 Å². The van der Waals surface area contributed by atoms with Crippen molar-refractivity contribution in [1.82, 2.24) is 35.0 Å².